The van der Waals surface area contributed by atoms with E-state index in [9.17, 15) is 5.11 Å². The van der Waals surface area contributed by atoms with E-state index in [0.29, 0.717) is 6.04 Å². The van der Waals surface area contributed by atoms with Crippen molar-refractivity contribution in [3.8, 4) is 0 Å². The van der Waals surface area contributed by atoms with Gasteiger partial charge in [-0.05, 0) is 31.7 Å². The molecule has 0 amide bonds. The Bertz CT molecular complexity index is 382. The third-order valence-electron chi connectivity index (χ3n) is 4.16. The van der Waals surface area contributed by atoms with Gasteiger partial charge in [-0.3, -0.25) is 0 Å². The number of hydrogen-bond donors (Lipinski definition) is 2. The fourth-order valence-corrected chi connectivity index (χ4v) is 2.74. The Labute approximate surface area is 116 Å². The Morgan fingerprint density at radius 2 is 2.16 bits per heavy atom. The van der Waals surface area contributed by atoms with Crippen LogP contribution in [-0.4, -0.2) is 30.0 Å². The summed E-state index contributed by atoms with van der Waals surface area (Å²) >= 11 is 0. The minimum absolute atomic E-state index is 0.0189. The van der Waals surface area contributed by atoms with Crippen molar-refractivity contribution in [2.75, 3.05) is 13.2 Å². The Morgan fingerprint density at radius 3 is 2.79 bits per heavy atom. The van der Waals surface area contributed by atoms with Crippen LogP contribution in [0.1, 0.15) is 44.7 Å². The molecular formula is C16H25NO2. The lowest BCUT2D eigenvalue weighted by Crippen LogP contribution is -2.46. The fourth-order valence-electron chi connectivity index (χ4n) is 2.74. The number of aliphatic hydroxyl groups excluding tert-OH is 1. The summed E-state index contributed by atoms with van der Waals surface area (Å²) in [6, 6.07) is 10.6. The van der Waals surface area contributed by atoms with Crippen molar-refractivity contribution in [3.05, 3.63) is 35.9 Å². The zero-order valence-corrected chi connectivity index (χ0v) is 11.9. The van der Waals surface area contributed by atoms with Gasteiger partial charge in [0.25, 0.3) is 0 Å². The molecule has 3 nitrogen and oxygen atoms in total. The topological polar surface area (TPSA) is 41.5 Å². The predicted octanol–water partition coefficient (Wildman–Crippen LogP) is 2.66. The maximum absolute atomic E-state index is 9.60. The maximum atomic E-state index is 9.60. The molecule has 1 aromatic carbocycles. The minimum Gasteiger partial charge on any atom is -0.394 e. The third kappa shape index (κ3) is 3.78. The second kappa shape index (κ2) is 6.51. The Kier molecular flexibility index (Phi) is 4.97. The van der Waals surface area contributed by atoms with Gasteiger partial charge in [0, 0.05) is 12.6 Å². The quantitative estimate of drug-likeness (QED) is 0.858. The molecular weight excluding hydrogens is 238 g/mol. The van der Waals surface area contributed by atoms with Crippen LogP contribution in [0.4, 0.5) is 0 Å². The van der Waals surface area contributed by atoms with Gasteiger partial charge in [0.1, 0.15) is 0 Å². The molecule has 0 saturated carbocycles. The van der Waals surface area contributed by atoms with E-state index in [1.807, 2.05) is 18.2 Å². The number of nitrogens with one attached hydrogen (secondary N) is 1. The van der Waals surface area contributed by atoms with Crippen molar-refractivity contribution in [2.45, 2.75) is 50.8 Å². The number of rotatable bonds is 5. The molecule has 1 heterocycles. The third-order valence-corrected chi connectivity index (χ3v) is 4.16. The summed E-state index contributed by atoms with van der Waals surface area (Å²) in [7, 11) is 0. The first-order valence-corrected chi connectivity index (χ1v) is 7.22. The van der Waals surface area contributed by atoms with Crippen molar-refractivity contribution in [1.82, 2.24) is 5.32 Å². The van der Waals surface area contributed by atoms with Gasteiger partial charge in [0.15, 0.2) is 0 Å². The molecule has 0 aromatic heterocycles. The highest BCUT2D eigenvalue weighted by Gasteiger charge is 2.32. The molecule has 2 rings (SSSR count). The molecule has 19 heavy (non-hydrogen) atoms. The normalized spacial score (nSPS) is 29.1. The predicted molar refractivity (Wildman–Crippen MR) is 77.1 cm³/mol. The highest BCUT2D eigenvalue weighted by molar-refractivity contribution is 5.19. The standard InChI is InChI=1S/C16H25NO2/c1-3-16(2)11-14(9-10-19-16)17-15(12-18)13-7-5-4-6-8-13/h4-8,14-15,17-18H,3,9-12H2,1-2H3/t14?,15-,16?/m0/s1. The summed E-state index contributed by atoms with van der Waals surface area (Å²) in [5.74, 6) is 0. The van der Waals surface area contributed by atoms with E-state index in [1.54, 1.807) is 0 Å². The molecule has 1 fully saturated rings. The van der Waals surface area contributed by atoms with Crippen molar-refractivity contribution >= 4 is 0 Å². The highest BCUT2D eigenvalue weighted by Crippen LogP contribution is 2.29. The van der Waals surface area contributed by atoms with Crippen molar-refractivity contribution in [2.24, 2.45) is 0 Å². The summed E-state index contributed by atoms with van der Waals surface area (Å²) in [6.07, 6.45) is 3.05. The summed E-state index contributed by atoms with van der Waals surface area (Å²) in [5, 5.41) is 13.2. The van der Waals surface area contributed by atoms with E-state index in [-0.39, 0.29) is 18.2 Å². The summed E-state index contributed by atoms with van der Waals surface area (Å²) in [6.45, 7) is 5.28. The largest absolute Gasteiger partial charge is 0.394 e. The summed E-state index contributed by atoms with van der Waals surface area (Å²) in [4.78, 5) is 0. The van der Waals surface area contributed by atoms with Crippen LogP contribution in [0, 0.1) is 0 Å². The molecule has 1 aliphatic rings. The Hall–Kier alpha value is -0.900. The molecule has 2 N–H and O–H groups in total. The van der Waals surface area contributed by atoms with E-state index >= 15 is 0 Å². The first-order valence-electron chi connectivity index (χ1n) is 7.22. The number of ether oxygens (including phenoxy) is 1. The van der Waals surface area contributed by atoms with Gasteiger partial charge in [-0.2, -0.15) is 0 Å². The SMILES string of the molecule is CCC1(C)CC(N[C@@H](CO)c2ccccc2)CCO1. The zero-order valence-electron chi connectivity index (χ0n) is 11.9. The molecule has 0 radical (unpaired) electrons. The Balaban J connectivity index is 1.99. The van der Waals surface area contributed by atoms with Gasteiger partial charge in [-0.25, -0.2) is 0 Å². The van der Waals surface area contributed by atoms with Gasteiger partial charge in [0.05, 0.1) is 18.2 Å². The van der Waals surface area contributed by atoms with Crippen LogP contribution in [0.2, 0.25) is 0 Å². The number of benzene rings is 1. The van der Waals surface area contributed by atoms with Crippen LogP contribution in [0.5, 0.6) is 0 Å². The molecule has 1 aromatic rings. The van der Waals surface area contributed by atoms with E-state index < -0.39 is 0 Å². The fraction of sp³-hybridized carbons (Fsp3) is 0.625. The van der Waals surface area contributed by atoms with Gasteiger partial charge in [0.2, 0.25) is 0 Å². The van der Waals surface area contributed by atoms with Crippen molar-refractivity contribution < 1.29 is 9.84 Å². The van der Waals surface area contributed by atoms with Gasteiger partial charge >= 0.3 is 0 Å². The average Bonchev–Trinajstić information content (AvgIpc) is 2.46. The van der Waals surface area contributed by atoms with E-state index in [4.69, 9.17) is 4.74 Å². The first kappa shape index (κ1) is 14.5. The van der Waals surface area contributed by atoms with Crippen LogP contribution in [-0.2, 0) is 4.74 Å². The summed E-state index contributed by atoms with van der Waals surface area (Å²) < 4.78 is 5.86. The van der Waals surface area contributed by atoms with Crippen molar-refractivity contribution in [3.63, 3.8) is 0 Å². The van der Waals surface area contributed by atoms with Gasteiger partial charge in [-0.1, -0.05) is 37.3 Å². The van der Waals surface area contributed by atoms with E-state index in [0.717, 1.165) is 31.4 Å². The maximum Gasteiger partial charge on any atom is 0.0666 e. The second-order valence-electron chi connectivity index (χ2n) is 5.65. The second-order valence-corrected chi connectivity index (χ2v) is 5.65. The highest BCUT2D eigenvalue weighted by atomic mass is 16.5. The average molecular weight is 263 g/mol. The van der Waals surface area contributed by atoms with E-state index in [2.05, 4.69) is 31.3 Å². The first-order chi connectivity index (χ1) is 9.17. The minimum atomic E-state index is -0.0212. The lowest BCUT2D eigenvalue weighted by atomic mass is 9.89. The molecule has 2 unspecified atom stereocenters. The molecule has 3 atom stereocenters. The Morgan fingerprint density at radius 1 is 1.42 bits per heavy atom. The number of aliphatic hydroxyl groups is 1. The molecule has 1 saturated heterocycles. The van der Waals surface area contributed by atoms with Crippen LogP contribution >= 0.6 is 0 Å². The molecule has 3 heteroatoms. The van der Waals surface area contributed by atoms with E-state index in [1.165, 1.54) is 0 Å². The van der Waals surface area contributed by atoms with Crippen LogP contribution in [0.3, 0.4) is 0 Å². The lowest BCUT2D eigenvalue weighted by Gasteiger charge is -2.39. The molecule has 106 valence electrons. The summed E-state index contributed by atoms with van der Waals surface area (Å²) in [5.41, 5.74) is 1.13. The smallest absolute Gasteiger partial charge is 0.0666 e. The molecule has 0 bridgehead atoms. The molecule has 0 spiro atoms. The van der Waals surface area contributed by atoms with Gasteiger partial charge in [-0.15, -0.1) is 0 Å². The number of hydrogen-bond acceptors (Lipinski definition) is 3. The lowest BCUT2D eigenvalue weighted by molar-refractivity contribution is -0.0797. The molecule has 1 aliphatic heterocycles. The van der Waals surface area contributed by atoms with Gasteiger partial charge < -0.3 is 15.2 Å². The van der Waals surface area contributed by atoms with Crippen LogP contribution < -0.4 is 5.32 Å². The molecule has 0 aliphatic carbocycles. The monoisotopic (exact) mass is 263 g/mol. The van der Waals surface area contributed by atoms with Crippen LogP contribution in [0.25, 0.3) is 0 Å². The van der Waals surface area contributed by atoms with Crippen molar-refractivity contribution in [1.29, 1.82) is 0 Å². The zero-order chi connectivity index (χ0) is 13.7. The van der Waals surface area contributed by atoms with Crippen LogP contribution in [0.15, 0.2) is 30.3 Å².